The summed E-state index contributed by atoms with van der Waals surface area (Å²) in [6.45, 7) is 7.27. The smallest absolute Gasteiger partial charge is 0.348 e. The number of hydrogen-bond donors (Lipinski definition) is 0. The lowest BCUT2D eigenvalue weighted by Gasteiger charge is -2.40. The molecule has 1 aromatic rings. The molecule has 7 heteroatoms. The first-order valence-corrected chi connectivity index (χ1v) is 10.3. The second-order valence-corrected chi connectivity index (χ2v) is 8.32. The number of nitrogens with zero attached hydrogens (tertiary/aromatic N) is 2. The van der Waals surface area contributed by atoms with Gasteiger partial charge in [0.1, 0.15) is 0 Å². The van der Waals surface area contributed by atoms with Crippen LogP contribution in [0.4, 0.5) is 13.2 Å². The van der Waals surface area contributed by atoms with E-state index in [1.54, 1.807) is 12.1 Å². The summed E-state index contributed by atoms with van der Waals surface area (Å²) in [7, 11) is 0. The zero-order chi connectivity index (χ0) is 19.6. The van der Waals surface area contributed by atoms with Gasteiger partial charge in [-0.15, -0.1) is 0 Å². The van der Waals surface area contributed by atoms with Crippen LogP contribution in [0.5, 0.6) is 0 Å². The standard InChI is InChI=1S/C21H29F3N2O2/c22-21(23,24)19-3-1-17(2-4-19)15-25-9-11-26(12-10-25)16-18-5-7-20(8-6-18)27-13-14-28-20/h1-4,18H,5-16H2. The Labute approximate surface area is 164 Å². The Morgan fingerprint density at radius 3 is 2.04 bits per heavy atom. The highest BCUT2D eigenvalue weighted by Gasteiger charge is 2.40. The fraction of sp³-hybridized carbons (Fsp3) is 0.714. The maximum atomic E-state index is 12.7. The van der Waals surface area contributed by atoms with Gasteiger partial charge in [0.2, 0.25) is 0 Å². The Morgan fingerprint density at radius 2 is 1.46 bits per heavy atom. The third-order valence-corrected chi connectivity index (χ3v) is 6.35. The summed E-state index contributed by atoms with van der Waals surface area (Å²) >= 11 is 0. The number of halogens is 3. The Morgan fingerprint density at radius 1 is 0.893 bits per heavy atom. The predicted molar refractivity (Wildman–Crippen MR) is 99.8 cm³/mol. The van der Waals surface area contributed by atoms with Crippen molar-refractivity contribution in [2.24, 2.45) is 5.92 Å². The van der Waals surface area contributed by atoms with Gasteiger partial charge in [-0.1, -0.05) is 12.1 Å². The lowest BCUT2D eigenvalue weighted by atomic mass is 9.84. The van der Waals surface area contributed by atoms with Crippen LogP contribution >= 0.6 is 0 Å². The van der Waals surface area contributed by atoms with Crippen molar-refractivity contribution in [1.29, 1.82) is 0 Å². The minimum atomic E-state index is -4.26. The molecule has 0 unspecified atom stereocenters. The van der Waals surface area contributed by atoms with Gasteiger partial charge in [0.05, 0.1) is 18.8 Å². The van der Waals surface area contributed by atoms with Gasteiger partial charge in [-0.05, 0) is 36.5 Å². The molecule has 2 saturated heterocycles. The summed E-state index contributed by atoms with van der Waals surface area (Å²) in [5.41, 5.74) is 0.360. The number of ether oxygens (including phenoxy) is 2. The molecule has 28 heavy (non-hydrogen) atoms. The first-order chi connectivity index (χ1) is 13.4. The molecule has 0 N–H and O–H groups in total. The Hall–Kier alpha value is -1.15. The normalized spacial score (nSPS) is 24.8. The van der Waals surface area contributed by atoms with E-state index >= 15 is 0 Å². The van der Waals surface area contributed by atoms with Crippen molar-refractivity contribution in [2.45, 2.75) is 44.2 Å². The van der Waals surface area contributed by atoms with E-state index < -0.39 is 11.7 Å². The van der Waals surface area contributed by atoms with Crippen molar-refractivity contribution in [3.63, 3.8) is 0 Å². The summed E-state index contributed by atoms with van der Waals surface area (Å²) in [5.74, 6) is 0.427. The summed E-state index contributed by atoms with van der Waals surface area (Å²) < 4.78 is 49.6. The third-order valence-electron chi connectivity index (χ3n) is 6.35. The molecule has 1 aliphatic carbocycles. The van der Waals surface area contributed by atoms with E-state index in [9.17, 15) is 13.2 Å². The van der Waals surface area contributed by atoms with Crippen LogP contribution in [0, 0.1) is 5.92 Å². The molecular formula is C21H29F3N2O2. The summed E-state index contributed by atoms with van der Waals surface area (Å²) in [6.07, 6.45) is 0.0631. The highest BCUT2D eigenvalue weighted by atomic mass is 19.4. The average molecular weight is 398 g/mol. The summed E-state index contributed by atoms with van der Waals surface area (Å²) in [5, 5.41) is 0. The molecule has 2 aliphatic heterocycles. The van der Waals surface area contributed by atoms with E-state index in [2.05, 4.69) is 9.80 Å². The lowest BCUT2D eigenvalue weighted by molar-refractivity contribution is -0.183. The van der Waals surface area contributed by atoms with Crippen LogP contribution in [0.2, 0.25) is 0 Å². The zero-order valence-corrected chi connectivity index (χ0v) is 16.2. The van der Waals surface area contributed by atoms with Gasteiger partial charge < -0.3 is 14.4 Å². The number of piperazine rings is 1. The molecule has 0 bridgehead atoms. The molecule has 156 valence electrons. The van der Waals surface area contributed by atoms with Crippen LogP contribution in [0.1, 0.15) is 36.8 Å². The quantitative estimate of drug-likeness (QED) is 0.771. The van der Waals surface area contributed by atoms with Crippen LogP contribution < -0.4 is 0 Å². The number of benzene rings is 1. The number of alkyl halides is 3. The maximum Gasteiger partial charge on any atom is 0.416 e. The largest absolute Gasteiger partial charge is 0.416 e. The van der Waals surface area contributed by atoms with Crippen LogP contribution in [-0.4, -0.2) is 61.5 Å². The van der Waals surface area contributed by atoms with Crippen molar-refractivity contribution in [3.05, 3.63) is 35.4 Å². The van der Waals surface area contributed by atoms with E-state index in [1.165, 1.54) is 12.1 Å². The van der Waals surface area contributed by atoms with Gasteiger partial charge in [0.15, 0.2) is 5.79 Å². The molecule has 1 saturated carbocycles. The van der Waals surface area contributed by atoms with E-state index in [4.69, 9.17) is 9.47 Å². The van der Waals surface area contributed by atoms with Gasteiger partial charge in [-0.2, -0.15) is 13.2 Å². The van der Waals surface area contributed by atoms with Crippen molar-refractivity contribution in [2.75, 3.05) is 45.9 Å². The molecule has 0 aromatic heterocycles. The van der Waals surface area contributed by atoms with E-state index in [1.807, 2.05) is 0 Å². The summed E-state index contributed by atoms with van der Waals surface area (Å²) in [6, 6.07) is 5.55. The SMILES string of the molecule is FC(F)(F)c1ccc(CN2CCN(CC3CCC4(CC3)OCCO4)CC2)cc1. The Balaban J connectivity index is 1.19. The highest BCUT2D eigenvalue weighted by Crippen LogP contribution is 2.38. The number of hydrogen-bond acceptors (Lipinski definition) is 4. The molecule has 4 nitrogen and oxygen atoms in total. The number of rotatable bonds is 4. The first kappa shape index (κ1) is 20.1. The molecule has 0 radical (unpaired) electrons. The maximum absolute atomic E-state index is 12.7. The molecule has 4 rings (SSSR count). The van der Waals surface area contributed by atoms with Crippen molar-refractivity contribution >= 4 is 0 Å². The molecule has 0 atom stereocenters. The van der Waals surface area contributed by atoms with Gasteiger partial charge in [0, 0.05) is 52.1 Å². The Kier molecular flexibility index (Phi) is 5.97. The fourth-order valence-corrected chi connectivity index (χ4v) is 4.64. The van der Waals surface area contributed by atoms with Crippen molar-refractivity contribution < 1.29 is 22.6 Å². The second kappa shape index (κ2) is 8.30. The molecule has 0 amide bonds. The fourth-order valence-electron chi connectivity index (χ4n) is 4.64. The van der Waals surface area contributed by atoms with Gasteiger partial charge >= 0.3 is 6.18 Å². The van der Waals surface area contributed by atoms with Crippen LogP contribution in [0.25, 0.3) is 0 Å². The van der Waals surface area contributed by atoms with Gasteiger partial charge in [0.25, 0.3) is 0 Å². The van der Waals surface area contributed by atoms with Crippen LogP contribution in [0.15, 0.2) is 24.3 Å². The Bertz CT molecular complexity index is 626. The molecule has 2 heterocycles. The minimum absolute atomic E-state index is 0.281. The van der Waals surface area contributed by atoms with Crippen LogP contribution in [-0.2, 0) is 22.2 Å². The second-order valence-electron chi connectivity index (χ2n) is 8.32. The molecule has 3 aliphatic rings. The van der Waals surface area contributed by atoms with Crippen molar-refractivity contribution in [3.8, 4) is 0 Å². The van der Waals surface area contributed by atoms with Crippen molar-refractivity contribution in [1.82, 2.24) is 9.80 Å². The first-order valence-electron chi connectivity index (χ1n) is 10.3. The zero-order valence-electron chi connectivity index (χ0n) is 16.2. The molecular weight excluding hydrogens is 369 g/mol. The monoisotopic (exact) mass is 398 g/mol. The summed E-state index contributed by atoms with van der Waals surface area (Å²) in [4.78, 5) is 4.86. The molecule has 1 spiro atoms. The highest BCUT2D eigenvalue weighted by molar-refractivity contribution is 5.24. The van der Waals surface area contributed by atoms with Gasteiger partial charge in [-0.25, -0.2) is 0 Å². The van der Waals surface area contributed by atoms with E-state index in [0.29, 0.717) is 12.5 Å². The third kappa shape index (κ3) is 4.87. The minimum Gasteiger partial charge on any atom is -0.348 e. The van der Waals surface area contributed by atoms with E-state index in [-0.39, 0.29) is 5.79 Å². The van der Waals surface area contributed by atoms with Crippen LogP contribution in [0.3, 0.4) is 0 Å². The average Bonchev–Trinajstić information content (AvgIpc) is 3.13. The predicted octanol–water partition coefficient (Wildman–Crippen LogP) is 3.76. The lowest BCUT2D eigenvalue weighted by Crippen LogP contribution is -2.48. The van der Waals surface area contributed by atoms with Gasteiger partial charge in [-0.3, -0.25) is 4.90 Å². The van der Waals surface area contributed by atoms with E-state index in [0.717, 1.165) is 77.2 Å². The topological polar surface area (TPSA) is 24.9 Å². The molecule has 1 aromatic carbocycles. The molecule has 3 fully saturated rings.